The Morgan fingerprint density at radius 3 is 2.96 bits per heavy atom. The number of aromatic amines is 1. The smallest absolute Gasteiger partial charge is 0.242 e. The third kappa shape index (κ3) is 2.89. The van der Waals surface area contributed by atoms with E-state index in [1.54, 1.807) is 6.33 Å². The van der Waals surface area contributed by atoms with Gasteiger partial charge in [-0.2, -0.15) is 0 Å². The maximum atomic E-state index is 12.9. The van der Waals surface area contributed by atoms with E-state index in [1.165, 1.54) is 17.5 Å². The van der Waals surface area contributed by atoms with Crippen molar-refractivity contribution in [3.8, 4) is 0 Å². The van der Waals surface area contributed by atoms with Crippen LogP contribution in [0.1, 0.15) is 30.0 Å². The predicted molar refractivity (Wildman–Crippen MR) is 99.8 cm³/mol. The van der Waals surface area contributed by atoms with Crippen LogP contribution >= 0.6 is 0 Å². The van der Waals surface area contributed by atoms with Gasteiger partial charge in [0.2, 0.25) is 5.91 Å². The molecule has 1 unspecified atom stereocenters. The van der Waals surface area contributed by atoms with E-state index in [0.717, 1.165) is 24.8 Å². The van der Waals surface area contributed by atoms with Gasteiger partial charge in [-0.15, -0.1) is 0 Å². The van der Waals surface area contributed by atoms with Crippen molar-refractivity contribution in [2.24, 2.45) is 0 Å². The van der Waals surface area contributed by atoms with Crippen molar-refractivity contribution < 1.29 is 4.79 Å². The normalized spacial score (nSPS) is 16.3. The fourth-order valence-electron chi connectivity index (χ4n) is 3.74. The molecule has 2 heterocycles. The van der Waals surface area contributed by atoms with Gasteiger partial charge in [-0.1, -0.05) is 24.3 Å². The van der Waals surface area contributed by atoms with Crippen LogP contribution in [0, 0.1) is 0 Å². The molecular formula is C19H22N6O. The number of aromatic nitrogens is 4. The zero-order valence-electron chi connectivity index (χ0n) is 15.0. The molecule has 1 amide bonds. The Bertz CT molecular complexity index is 936. The van der Waals surface area contributed by atoms with Crippen molar-refractivity contribution in [1.82, 2.24) is 24.8 Å². The van der Waals surface area contributed by atoms with Crippen molar-refractivity contribution in [2.45, 2.75) is 25.3 Å². The number of likely N-dealkylation sites (N-methyl/N-ethyl adjacent to an activating group) is 2. The Morgan fingerprint density at radius 2 is 2.08 bits per heavy atom. The molecular weight excluding hydrogens is 328 g/mol. The molecule has 7 heteroatoms. The number of aryl methyl sites for hydroxylation is 1. The average molecular weight is 350 g/mol. The van der Waals surface area contributed by atoms with E-state index in [4.69, 9.17) is 0 Å². The summed E-state index contributed by atoms with van der Waals surface area (Å²) >= 11 is 0. The first-order valence-corrected chi connectivity index (χ1v) is 8.84. The summed E-state index contributed by atoms with van der Waals surface area (Å²) in [6.45, 7) is 0.250. The van der Waals surface area contributed by atoms with Gasteiger partial charge in [0.05, 0.1) is 18.9 Å². The Kier molecular flexibility index (Phi) is 4.28. The molecule has 0 fully saturated rings. The summed E-state index contributed by atoms with van der Waals surface area (Å²) in [6, 6.07) is 8.57. The fraction of sp³-hybridized carbons (Fsp3) is 0.368. The van der Waals surface area contributed by atoms with Crippen LogP contribution in [0.5, 0.6) is 0 Å². The van der Waals surface area contributed by atoms with E-state index in [0.29, 0.717) is 11.5 Å². The van der Waals surface area contributed by atoms with Crippen LogP contribution in [0.25, 0.3) is 11.2 Å². The monoisotopic (exact) mass is 350 g/mol. The van der Waals surface area contributed by atoms with Crippen LogP contribution in [0.15, 0.2) is 36.9 Å². The number of rotatable bonds is 4. The molecule has 3 aromatic rings. The molecule has 0 aliphatic heterocycles. The predicted octanol–water partition coefficient (Wildman–Crippen LogP) is 2.33. The minimum Gasteiger partial charge on any atom is -0.348 e. The maximum absolute atomic E-state index is 12.9. The maximum Gasteiger partial charge on any atom is 0.242 e. The molecule has 0 spiro atoms. The van der Waals surface area contributed by atoms with Gasteiger partial charge in [0, 0.05) is 14.1 Å². The summed E-state index contributed by atoms with van der Waals surface area (Å²) < 4.78 is 0. The number of nitrogens with zero attached hydrogens (tertiary/aromatic N) is 5. The lowest BCUT2D eigenvalue weighted by atomic mass is 9.87. The number of nitrogens with one attached hydrogen (secondary N) is 1. The summed E-state index contributed by atoms with van der Waals surface area (Å²) in [4.78, 5) is 32.3. The number of hydrogen-bond acceptors (Lipinski definition) is 5. The molecule has 1 aliphatic carbocycles. The van der Waals surface area contributed by atoms with Crippen molar-refractivity contribution in [2.75, 3.05) is 25.5 Å². The van der Waals surface area contributed by atoms with E-state index in [9.17, 15) is 4.79 Å². The average Bonchev–Trinajstić information content (AvgIpc) is 3.15. The Morgan fingerprint density at radius 1 is 1.23 bits per heavy atom. The zero-order valence-corrected chi connectivity index (χ0v) is 15.0. The third-order valence-corrected chi connectivity index (χ3v) is 5.14. The number of fused-ring (bicyclic) bond motifs is 2. The highest BCUT2D eigenvalue weighted by Gasteiger charge is 2.27. The first-order valence-electron chi connectivity index (χ1n) is 8.84. The van der Waals surface area contributed by atoms with Crippen molar-refractivity contribution in [1.29, 1.82) is 0 Å². The molecule has 1 aromatic carbocycles. The number of H-pyrrole nitrogens is 1. The van der Waals surface area contributed by atoms with E-state index in [2.05, 4.69) is 44.2 Å². The number of imidazole rings is 1. The van der Waals surface area contributed by atoms with Gasteiger partial charge in [-0.25, -0.2) is 15.0 Å². The SMILES string of the molecule is CN(CC(=O)N(C)C1CCCc2ccccc21)c1ncnc2nc[nH]c12. The molecule has 26 heavy (non-hydrogen) atoms. The van der Waals surface area contributed by atoms with Crippen LogP contribution in [0.4, 0.5) is 5.82 Å². The lowest BCUT2D eigenvalue weighted by Gasteiger charge is -2.34. The van der Waals surface area contributed by atoms with Crippen LogP contribution in [-0.4, -0.2) is 51.4 Å². The molecule has 134 valence electrons. The molecule has 0 saturated heterocycles. The quantitative estimate of drug-likeness (QED) is 0.781. The standard InChI is InChI=1S/C19H22N6O/c1-24(19-17-18(21-11-20-17)22-12-23-19)10-16(26)25(2)15-9-5-7-13-6-3-4-8-14(13)15/h3-4,6,8,11-12,15H,5,7,9-10H2,1-2H3,(H,20,21,22,23). The summed E-state index contributed by atoms with van der Waals surface area (Å²) in [5, 5.41) is 0. The molecule has 0 saturated carbocycles. The van der Waals surface area contributed by atoms with E-state index in [1.807, 2.05) is 23.9 Å². The molecule has 4 rings (SSSR count). The second-order valence-corrected chi connectivity index (χ2v) is 6.77. The first-order chi connectivity index (χ1) is 12.6. The largest absolute Gasteiger partial charge is 0.348 e. The summed E-state index contributed by atoms with van der Waals surface area (Å²) in [7, 11) is 3.76. The minimum atomic E-state index is 0.0699. The third-order valence-electron chi connectivity index (χ3n) is 5.14. The van der Waals surface area contributed by atoms with E-state index >= 15 is 0 Å². The Balaban J connectivity index is 1.52. The Labute approximate surface area is 152 Å². The van der Waals surface area contributed by atoms with Gasteiger partial charge in [0.1, 0.15) is 11.8 Å². The fourth-order valence-corrected chi connectivity index (χ4v) is 3.74. The number of hydrogen-bond donors (Lipinski definition) is 1. The van der Waals surface area contributed by atoms with Gasteiger partial charge in [0.25, 0.3) is 0 Å². The number of amides is 1. The van der Waals surface area contributed by atoms with Crippen LogP contribution in [0.3, 0.4) is 0 Å². The highest BCUT2D eigenvalue weighted by molar-refractivity contribution is 5.87. The zero-order chi connectivity index (χ0) is 18.1. The van der Waals surface area contributed by atoms with Gasteiger partial charge in [0.15, 0.2) is 11.5 Å². The molecule has 2 aromatic heterocycles. The molecule has 1 atom stereocenters. The van der Waals surface area contributed by atoms with Gasteiger partial charge < -0.3 is 14.8 Å². The van der Waals surface area contributed by atoms with Gasteiger partial charge in [-0.3, -0.25) is 4.79 Å². The number of carbonyl (C=O) groups is 1. The van der Waals surface area contributed by atoms with Crippen molar-refractivity contribution >= 4 is 22.9 Å². The molecule has 0 bridgehead atoms. The van der Waals surface area contributed by atoms with Crippen LogP contribution in [0.2, 0.25) is 0 Å². The summed E-state index contributed by atoms with van der Waals surface area (Å²) in [5.74, 6) is 0.749. The van der Waals surface area contributed by atoms with Crippen molar-refractivity contribution in [3.05, 3.63) is 48.0 Å². The number of anilines is 1. The van der Waals surface area contributed by atoms with Gasteiger partial charge in [-0.05, 0) is 30.4 Å². The van der Waals surface area contributed by atoms with Gasteiger partial charge >= 0.3 is 0 Å². The summed E-state index contributed by atoms with van der Waals surface area (Å²) in [6.07, 6.45) is 6.26. The second-order valence-electron chi connectivity index (χ2n) is 6.77. The van der Waals surface area contributed by atoms with Crippen LogP contribution < -0.4 is 4.90 Å². The summed E-state index contributed by atoms with van der Waals surface area (Å²) in [5.41, 5.74) is 3.97. The van der Waals surface area contributed by atoms with E-state index in [-0.39, 0.29) is 18.5 Å². The number of carbonyl (C=O) groups excluding carboxylic acids is 1. The molecule has 0 radical (unpaired) electrons. The van der Waals surface area contributed by atoms with E-state index < -0.39 is 0 Å². The lowest BCUT2D eigenvalue weighted by molar-refractivity contribution is -0.130. The topological polar surface area (TPSA) is 78.0 Å². The second kappa shape index (κ2) is 6.74. The van der Waals surface area contributed by atoms with Crippen molar-refractivity contribution in [3.63, 3.8) is 0 Å². The first kappa shape index (κ1) is 16.5. The Hall–Kier alpha value is -2.96. The molecule has 7 nitrogen and oxygen atoms in total. The van der Waals surface area contributed by atoms with Crippen LogP contribution in [-0.2, 0) is 11.2 Å². The highest BCUT2D eigenvalue weighted by atomic mass is 16.2. The lowest BCUT2D eigenvalue weighted by Crippen LogP contribution is -2.40. The molecule has 1 N–H and O–H groups in total. The minimum absolute atomic E-state index is 0.0699. The molecule has 1 aliphatic rings. The number of benzene rings is 1. The highest BCUT2D eigenvalue weighted by Crippen LogP contribution is 2.33.